The molecule has 0 aromatic carbocycles. The molecule has 7 heteroatoms. The van der Waals surface area contributed by atoms with Gasteiger partial charge in [-0.2, -0.15) is 4.98 Å². The Labute approximate surface area is 107 Å². The zero-order valence-corrected chi connectivity index (χ0v) is 10.4. The molecule has 0 spiro atoms. The van der Waals surface area contributed by atoms with E-state index in [1.54, 1.807) is 18.4 Å². The molecular weight excluding hydrogens is 252 g/mol. The number of nitrogens with two attached hydrogens (primary N) is 1. The van der Waals surface area contributed by atoms with Gasteiger partial charge in [-0.1, -0.05) is 17.0 Å². The fraction of sp³-hybridized carbons (Fsp3) is 0.182. The lowest BCUT2D eigenvalue weighted by molar-refractivity contribution is 0.102. The summed E-state index contributed by atoms with van der Waals surface area (Å²) in [6.45, 7) is 1.96. The normalized spacial score (nSPS) is 9.67. The van der Waals surface area contributed by atoms with Crippen molar-refractivity contribution >= 4 is 23.3 Å². The van der Waals surface area contributed by atoms with Crippen LogP contribution in [0.15, 0.2) is 16.0 Å². The molecule has 0 atom stereocenters. The zero-order chi connectivity index (χ0) is 13.0. The van der Waals surface area contributed by atoms with Gasteiger partial charge < -0.3 is 10.3 Å². The largest absolute Gasteiger partial charge is 0.328 e. The molecule has 0 saturated carbocycles. The fourth-order valence-electron chi connectivity index (χ4n) is 1.18. The molecule has 2 aromatic rings. The molecule has 0 aliphatic heterocycles. The predicted molar refractivity (Wildman–Crippen MR) is 67.2 cm³/mol. The number of thiophene rings is 1. The van der Waals surface area contributed by atoms with Gasteiger partial charge in [0.1, 0.15) is 0 Å². The van der Waals surface area contributed by atoms with Crippen molar-refractivity contribution in [1.29, 1.82) is 0 Å². The first kappa shape index (κ1) is 12.3. The van der Waals surface area contributed by atoms with Crippen molar-refractivity contribution in [2.45, 2.75) is 6.92 Å². The number of rotatable bonds is 2. The third kappa shape index (κ3) is 2.94. The number of hydrogen-bond donors (Lipinski definition) is 2. The van der Waals surface area contributed by atoms with Crippen LogP contribution in [0, 0.1) is 18.8 Å². The van der Waals surface area contributed by atoms with E-state index in [4.69, 9.17) is 10.3 Å². The lowest BCUT2D eigenvalue weighted by Gasteiger charge is -1.95. The van der Waals surface area contributed by atoms with Gasteiger partial charge in [0.15, 0.2) is 5.82 Å². The summed E-state index contributed by atoms with van der Waals surface area (Å²) in [5.74, 6) is 5.74. The van der Waals surface area contributed by atoms with Gasteiger partial charge in [0.25, 0.3) is 5.91 Å². The first-order valence-electron chi connectivity index (χ1n) is 5.08. The highest BCUT2D eigenvalue weighted by atomic mass is 32.1. The number of aryl methyl sites for hydroxylation is 1. The topological polar surface area (TPSA) is 94.0 Å². The van der Waals surface area contributed by atoms with Crippen molar-refractivity contribution in [2.24, 2.45) is 5.73 Å². The van der Waals surface area contributed by atoms with E-state index in [-0.39, 0.29) is 11.9 Å². The Morgan fingerprint density at radius 3 is 3.17 bits per heavy atom. The molecule has 0 unspecified atom stereocenters. The molecule has 0 fully saturated rings. The molecule has 92 valence electrons. The Bertz CT molecular complexity index is 620. The van der Waals surface area contributed by atoms with Crippen LogP contribution in [-0.2, 0) is 0 Å². The molecule has 2 heterocycles. The van der Waals surface area contributed by atoms with Gasteiger partial charge >= 0.3 is 6.01 Å². The lowest BCUT2D eigenvalue weighted by Crippen LogP contribution is -2.11. The van der Waals surface area contributed by atoms with Crippen LogP contribution >= 0.6 is 11.3 Å². The van der Waals surface area contributed by atoms with Gasteiger partial charge in [0.2, 0.25) is 0 Å². The van der Waals surface area contributed by atoms with Crippen molar-refractivity contribution in [1.82, 2.24) is 10.1 Å². The van der Waals surface area contributed by atoms with Gasteiger partial charge in [0, 0.05) is 5.38 Å². The van der Waals surface area contributed by atoms with Crippen LogP contribution < -0.4 is 11.1 Å². The van der Waals surface area contributed by atoms with Crippen molar-refractivity contribution in [3.05, 3.63) is 27.7 Å². The first-order chi connectivity index (χ1) is 8.69. The highest BCUT2D eigenvalue weighted by Gasteiger charge is 2.11. The fourth-order valence-corrected chi connectivity index (χ4v) is 1.93. The van der Waals surface area contributed by atoms with E-state index in [0.717, 1.165) is 4.88 Å². The molecule has 0 radical (unpaired) electrons. The van der Waals surface area contributed by atoms with Gasteiger partial charge in [-0.05, 0) is 13.0 Å². The lowest BCUT2D eigenvalue weighted by atomic mass is 10.3. The Morgan fingerprint density at radius 2 is 2.50 bits per heavy atom. The molecule has 0 aliphatic rings. The van der Waals surface area contributed by atoms with Crippen molar-refractivity contribution in [3.8, 4) is 11.8 Å². The maximum Gasteiger partial charge on any atom is 0.328 e. The van der Waals surface area contributed by atoms with Gasteiger partial charge in [-0.3, -0.25) is 10.1 Å². The number of anilines is 1. The standard InChI is InChI=1S/C11H10N4O2S/c1-7-13-11(17-15-7)14-10(16)8-5-9(18-6-8)3-2-4-12/h5-6H,4,12H2,1H3,(H,13,14,15,16). The molecule has 18 heavy (non-hydrogen) atoms. The SMILES string of the molecule is Cc1noc(NC(=O)c2csc(C#CCN)c2)n1. The summed E-state index contributed by atoms with van der Waals surface area (Å²) >= 11 is 1.38. The molecule has 6 nitrogen and oxygen atoms in total. The summed E-state index contributed by atoms with van der Waals surface area (Å²) in [7, 11) is 0. The predicted octanol–water partition coefficient (Wildman–Crippen LogP) is 1.00. The average molecular weight is 262 g/mol. The molecule has 0 aliphatic carbocycles. The second-order valence-corrected chi connectivity index (χ2v) is 4.22. The van der Waals surface area contributed by atoms with Crippen LogP contribution in [0.4, 0.5) is 6.01 Å². The van der Waals surface area contributed by atoms with Crippen LogP contribution in [0.5, 0.6) is 0 Å². The number of aromatic nitrogens is 2. The molecule has 3 N–H and O–H groups in total. The van der Waals surface area contributed by atoms with Crippen molar-refractivity contribution in [2.75, 3.05) is 11.9 Å². The molecule has 1 amide bonds. The maximum absolute atomic E-state index is 11.8. The Kier molecular flexibility index (Phi) is 3.72. The quantitative estimate of drug-likeness (QED) is 0.787. The summed E-state index contributed by atoms with van der Waals surface area (Å²) in [5.41, 5.74) is 5.77. The number of carbonyl (C=O) groups excluding carboxylic acids is 1. The zero-order valence-electron chi connectivity index (χ0n) is 9.56. The van der Waals surface area contributed by atoms with Crippen LogP contribution in [0.1, 0.15) is 21.1 Å². The van der Waals surface area contributed by atoms with E-state index in [0.29, 0.717) is 17.9 Å². The Hall–Kier alpha value is -2.17. The van der Waals surface area contributed by atoms with E-state index < -0.39 is 0 Å². The average Bonchev–Trinajstić information content (AvgIpc) is 2.96. The van der Waals surface area contributed by atoms with Crippen molar-refractivity contribution < 1.29 is 9.32 Å². The summed E-state index contributed by atoms with van der Waals surface area (Å²) < 4.78 is 4.79. The Balaban J connectivity index is 2.07. The molecule has 2 aromatic heterocycles. The minimum Gasteiger partial charge on any atom is -0.320 e. The number of nitrogens with one attached hydrogen (secondary N) is 1. The summed E-state index contributed by atoms with van der Waals surface area (Å²) in [6.07, 6.45) is 0. The number of nitrogens with zero attached hydrogens (tertiary/aromatic N) is 2. The first-order valence-corrected chi connectivity index (χ1v) is 5.96. The smallest absolute Gasteiger partial charge is 0.320 e. The van der Waals surface area contributed by atoms with Gasteiger partial charge in [0.05, 0.1) is 17.0 Å². The van der Waals surface area contributed by atoms with Crippen LogP contribution in [0.2, 0.25) is 0 Å². The molecular formula is C11H10N4O2S. The van der Waals surface area contributed by atoms with E-state index in [1.165, 1.54) is 11.3 Å². The van der Waals surface area contributed by atoms with Gasteiger partial charge in [-0.15, -0.1) is 11.3 Å². The minimum atomic E-state index is -0.310. The molecule has 0 bridgehead atoms. The van der Waals surface area contributed by atoms with Crippen LogP contribution in [0.3, 0.4) is 0 Å². The van der Waals surface area contributed by atoms with Crippen molar-refractivity contribution in [3.63, 3.8) is 0 Å². The number of hydrogen-bond acceptors (Lipinski definition) is 6. The van der Waals surface area contributed by atoms with Crippen LogP contribution in [-0.4, -0.2) is 22.6 Å². The second kappa shape index (κ2) is 5.44. The Morgan fingerprint density at radius 1 is 1.67 bits per heavy atom. The van der Waals surface area contributed by atoms with E-state index >= 15 is 0 Å². The van der Waals surface area contributed by atoms with Gasteiger partial charge in [-0.25, -0.2) is 0 Å². The molecule has 0 saturated heterocycles. The van der Waals surface area contributed by atoms with E-state index in [1.807, 2.05) is 0 Å². The highest BCUT2D eigenvalue weighted by molar-refractivity contribution is 7.10. The van der Waals surface area contributed by atoms with E-state index in [2.05, 4.69) is 27.3 Å². The number of amides is 1. The highest BCUT2D eigenvalue weighted by Crippen LogP contribution is 2.15. The van der Waals surface area contributed by atoms with Crippen LogP contribution in [0.25, 0.3) is 0 Å². The second-order valence-electron chi connectivity index (χ2n) is 3.31. The maximum atomic E-state index is 11.8. The third-order valence-corrected chi connectivity index (χ3v) is 2.77. The summed E-state index contributed by atoms with van der Waals surface area (Å²) in [5, 5.41) is 7.79. The van der Waals surface area contributed by atoms with E-state index in [9.17, 15) is 4.79 Å². The summed E-state index contributed by atoms with van der Waals surface area (Å²) in [4.78, 5) is 16.5. The minimum absolute atomic E-state index is 0.0818. The number of carbonyl (C=O) groups is 1. The third-order valence-electron chi connectivity index (χ3n) is 1.92. The molecule has 2 rings (SSSR count). The summed E-state index contributed by atoms with van der Waals surface area (Å²) in [6, 6.07) is 1.77. The monoisotopic (exact) mass is 262 g/mol.